The molecule has 170 valence electrons. The summed E-state index contributed by atoms with van der Waals surface area (Å²) in [6, 6.07) is 14.4. The van der Waals surface area contributed by atoms with Crippen molar-refractivity contribution in [2.45, 2.75) is 43.9 Å². The highest BCUT2D eigenvalue weighted by Gasteiger charge is 2.21. The van der Waals surface area contributed by atoms with Crippen molar-refractivity contribution in [3.8, 4) is 0 Å². The first-order valence-electron chi connectivity index (χ1n) is 11.2. The van der Waals surface area contributed by atoms with Gasteiger partial charge in [0.25, 0.3) is 0 Å². The lowest BCUT2D eigenvalue weighted by atomic mass is 9.96. The van der Waals surface area contributed by atoms with Gasteiger partial charge in [-0.15, -0.1) is 0 Å². The van der Waals surface area contributed by atoms with Crippen LogP contribution in [0.2, 0.25) is 0 Å². The highest BCUT2D eigenvalue weighted by Crippen LogP contribution is 2.32. The van der Waals surface area contributed by atoms with Crippen LogP contribution in [0.15, 0.2) is 47.4 Å². The smallest absolute Gasteiger partial charge is 0.238 e. The van der Waals surface area contributed by atoms with Crippen molar-refractivity contribution >= 4 is 40.3 Å². The fourth-order valence-electron chi connectivity index (χ4n) is 4.21. The average molecular weight is 452 g/mol. The van der Waals surface area contributed by atoms with E-state index >= 15 is 0 Å². The van der Waals surface area contributed by atoms with Crippen molar-refractivity contribution in [3.63, 3.8) is 0 Å². The molecule has 0 saturated carbocycles. The number of anilines is 2. The standard InChI is InChI=1S/C25H33N5OS/c1-25(2,3)24-27-21-16-19(10-13-22(21)28(24)4)29(5)32-20-11-8-18(9-12-20)26-23(31)17-30-14-6-7-15-30/h8-13,16H,6-7,14-15,17H2,1-5H3,(H,26,31). The number of imidazole rings is 1. The van der Waals surface area contributed by atoms with Crippen molar-refractivity contribution in [1.29, 1.82) is 0 Å². The van der Waals surface area contributed by atoms with Gasteiger partial charge in [0.2, 0.25) is 5.91 Å². The number of hydrogen-bond acceptors (Lipinski definition) is 5. The molecular weight excluding hydrogens is 418 g/mol. The summed E-state index contributed by atoms with van der Waals surface area (Å²) in [5.74, 6) is 1.14. The molecule has 1 N–H and O–H groups in total. The maximum Gasteiger partial charge on any atom is 0.238 e. The quantitative estimate of drug-likeness (QED) is 0.532. The molecule has 2 aromatic carbocycles. The van der Waals surface area contributed by atoms with Gasteiger partial charge in [0.15, 0.2) is 0 Å². The molecule has 1 saturated heterocycles. The maximum atomic E-state index is 12.2. The highest BCUT2D eigenvalue weighted by molar-refractivity contribution is 8.00. The molecule has 0 radical (unpaired) electrons. The molecule has 32 heavy (non-hydrogen) atoms. The summed E-state index contributed by atoms with van der Waals surface area (Å²) in [6.45, 7) is 9.10. The number of hydrogen-bond donors (Lipinski definition) is 1. The number of fused-ring (bicyclic) bond motifs is 1. The van der Waals surface area contributed by atoms with Crippen LogP contribution in [-0.4, -0.2) is 47.0 Å². The SMILES string of the molecule is CN(Sc1ccc(NC(=O)CN2CCCC2)cc1)c1ccc2c(c1)nc(C(C)(C)C)n2C. The predicted octanol–water partition coefficient (Wildman–Crippen LogP) is 5.05. The average Bonchev–Trinajstić information content (AvgIpc) is 3.36. The molecule has 1 aliphatic rings. The molecular formula is C25H33N5OS. The minimum atomic E-state index is 0.000224. The summed E-state index contributed by atoms with van der Waals surface area (Å²) < 4.78 is 4.33. The van der Waals surface area contributed by atoms with E-state index in [0.29, 0.717) is 6.54 Å². The van der Waals surface area contributed by atoms with Gasteiger partial charge in [-0.1, -0.05) is 20.8 Å². The number of aryl methyl sites for hydroxylation is 1. The molecule has 3 aromatic rings. The first-order chi connectivity index (χ1) is 15.2. The van der Waals surface area contributed by atoms with Crippen LogP contribution in [0.5, 0.6) is 0 Å². The fraction of sp³-hybridized carbons (Fsp3) is 0.440. The van der Waals surface area contributed by atoms with Gasteiger partial charge >= 0.3 is 0 Å². The van der Waals surface area contributed by atoms with Gasteiger partial charge in [0.05, 0.1) is 17.6 Å². The number of nitrogens with one attached hydrogen (secondary N) is 1. The zero-order chi connectivity index (χ0) is 22.9. The van der Waals surface area contributed by atoms with Crippen LogP contribution in [-0.2, 0) is 17.3 Å². The number of likely N-dealkylation sites (tertiary alicyclic amines) is 1. The molecule has 0 aliphatic carbocycles. The topological polar surface area (TPSA) is 53.4 Å². The van der Waals surface area contributed by atoms with Crippen molar-refractivity contribution in [1.82, 2.24) is 14.5 Å². The van der Waals surface area contributed by atoms with Crippen LogP contribution in [0.1, 0.15) is 39.4 Å². The third-order valence-electron chi connectivity index (χ3n) is 5.85. The Bertz CT molecular complexity index is 1090. The summed E-state index contributed by atoms with van der Waals surface area (Å²) in [7, 11) is 4.14. The second kappa shape index (κ2) is 9.16. The molecule has 1 amide bonds. The lowest BCUT2D eigenvalue weighted by Gasteiger charge is -2.18. The molecule has 4 rings (SSSR count). The highest BCUT2D eigenvalue weighted by atomic mass is 32.2. The van der Waals surface area contributed by atoms with Crippen molar-refractivity contribution in [2.75, 3.05) is 36.3 Å². The number of nitrogens with zero attached hydrogens (tertiary/aromatic N) is 4. The molecule has 0 atom stereocenters. The van der Waals surface area contributed by atoms with E-state index in [-0.39, 0.29) is 11.3 Å². The van der Waals surface area contributed by atoms with Gasteiger partial charge in [-0.3, -0.25) is 9.69 Å². The Kier molecular flexibility index (Phi) is 6.49. The summed E-state index contributed by atoms with van der Waals surface area (Å²) >= 11 is 1.65. The molecule has 0 unspecified atom stereocenters. The summed E-state index contributed by atoms with van der Waals surface area (Å²) in [5, 5.41) is 3.01. The van der Waals surface area contributed by atoms with Crippen molar-refractivity contribution < 1.29 is 4.79 Å². The monoisotopic (exact) mass is 451 g/mol. The molecule has 0 spiro atoms. The first-order valence-corrected chi connectivity index (χ1v) is 12.0. The maximum absolute atomic E-state index is 12.2. The van der Waals surface area contributed by atoms with Gasteiger partial charge < -0.3 is 14.2 Å². The predicted molar refractivity (Wildman–Crippen MR) is 134 cm³/mol. The minimum absolute atomic E-state index is 0.000224. The van der Waals surface area contributed by atoms with Crippen LogP contribution in [0.4, 0.5) is 11.4 Å². The third-order valence-corrected chi connectivity index (χ3v) is 6.81. The summed E-state index contributed by atoms with van der Waals surface area (Å²) in [6.07, 6.45) is 2.38. The van der Waals surface area contributed by atoms with E-state index in [1.807, 2.05) is 24.3 Å². The lowest BCUT2D eigenvalue weighted by molar-refractivity contribution is -0.117. The molecule has 1 aromatic heterocycles. The Hall–Kier alpha value is -2.51. The Morgan fingerprint density at radius 1 is 1.12 bits per heavy atom. The van der Waals surface area contributed by atoms with Crippen LogP contribution < -0.4 is 9.62 Å². The van der Waals surface area contributed by atoms with Gasteiger partial charge in [-0.05, 0) is 80.3 Å². The fourth-order valence-corrected chi connectivity index (χ4v) is 5.00. The van der Waals surface area contributed by atoms with Gasteiger partial charge in [0, 0.05) is 35.8 Å². The van der Waals surface area contributed by atoms with E-state index in [4.69, 9.17) is 4.98 Å². The number of amides is 1. The summed E-state index contributed by atoms with van der Waals surface area (Å²) in [5.41, 5.74) is 4.10. The number of carbonyl (C=O) groups excluding carboxylic acids is 1. The van der Waals surface area contributed by atoms with Crippen molar-refractivity contribution in [3.05, 3.63) is 48.3 Å². The summed E-state index contributed by atoms with van der Waals surface area (Å²) in [4.78, 5) is 20.4. The van der Waals surface area contributed by atoms with Crippen LogP contribution in [0, 0.1) is 0 Å². The van der Waals surface area contributed by atoms with E-state index in [1.54, 1.807) is 11.9 Å². The van der Waals surface area contributed by atoms with Gasteiger partial charge in [0.1, 0.15) is 5.82 Å². The second-order valence-corrected chi connectivity index (χ2v) is 10.8. The number of benzene rings is 2. The van der Waals surface area contributed by atoms with Crippen LogP contribution >= 0.6 is 11.9 Å². The molecule has 6 nitrogen and oxygen atoms in total. The van der Waals surface area contributed by atoms with E-state index in [9.17, 15) is 4.79 Å². The van der Waals surface area contributed by atoms with Crippen LogP contribution in [0.3, 0.4) is 0 Å². The first kappa shape index (κ1) is 22.7. The lowest BCUT2D eigenvalue weighted by Crippen LogP contribution is -2.30. The zero-order valence-electron chi connectivity index (χ0n) is 19.7. The van der Waals surface area contributed by atoms with Gasteiger partial charge in [-0.2, -0.15) is 0 Å². The van der Waals surface area contributed by atoms with E-state index < -0.39 is 0 Å². The zero-order valence-corrected chi connectivity index (χ0v) is 20.5. The number of rotatable bonds is 6. The van der Waals surface area contributed by atoms with Gasteiger partial charge in [-0.25, -0.2) is 4.98 Å². The Balaban J connectivity index is 1.40. The minimum Gasteiger partial charge on any atom is -0.331 e. The van der Waals surface area contributed by atoms with Crippen molar-refractivity contribution in [2.24, 2.45) is 7.05 Å². The largest absolute Gasteiger partial charge is 0.331 e. The molecule has 2 heterocycles. The Morgan fingerprint density at radius 2 is 1.81 bits per heavy atom. The van der Waals surface area contributed by atoms with E-state index in [0.717, 1.165) is 46.2 Å². The Morgan fingerprint density at radius 3 is 2.47 bits per heavy atom. The molecule has 0 bridgehead atoms. The Labute approximate surface area is 195 Å². The second-order valence-electron chi connectivity index (χ2n) is 9.56. The molecule has 7 heteroatoms. The molecule has 1 aliphatic heterocycles. The third kappa shape index (κ3) is 5.10. The van der Waals surface area contributed by atoms with E-state index in [1.165, 1.54) is 12.8 Å². The van der Waals surface area contributed by atoms with Crippen LogP contribution in [0.25, 0.3) is 11.0 Å². The number of aromatic nitrogens is 2. The number of carbonyl (C=O) groups is 1. The van der Waals surface area contributed by atoms with E-state index in [2.05, 4.69) is 72.2 Å². The molecule has 1 fully saturated rings. The normalized spacial score (nSPS) is 14.8.